The molecule has 0 amide bonds. The van der Waals surface area contributed by atoms with Gasteiger partial charge in [-0.2, -0.15) is 0 Å². The summed E-state index contributed by atoms with van der Waals surface area (Å²) < 4.78 is 18.8. The summed E-state index contributed by atoms with van der Waals surface area (Å²) in [5.74, 6) is 2.19. The number of furan rings is 1. The summed E-state index contributed by atoms with van der Waals surface area (Å²) in [4.78, 5) is 12.1. The topological polar surface area (TPSA) is 107 Å². The maximum atomic E-state index is 13.5. The van der Waals surface area contributed by atoms with Crippen LogP contribution in [0.3, 0.4) is 0 Å². The number of hydrogen-bond acceptors (Lipinski definition) is 4. The highest BCUT2D eigenvalue weighted by Crippen LogP contribution is 2.19. The lowest BCUT2D eigenvalue weighted by atomic mass is 10.1. The third kappa shape index (κ3) is 4.45. The van der Waals surface area contributed by atoms with Crippen molar-refractivity contribution < 1.29 is 8.81 Å². The summed E-state index contributed by atoms with van der Waals surface area (Å²) in [6.45, 7) is 3.74. The number of fused-ring (bicyclic) bond motifs is 1. The molecule has 0 saturated heterocycles. The summed E-state index contributed by atoms with van der Waals surface area (Å²) in [6.07, 6.45) is 4.23. The molecule has 4 N–H and O–H groups in total. The molecule has 3 aromatic heterocycles. The van der Waals surface area contributed by atoms with E-state index in [1.165, 1.54) is 6.07 Å². The zero-order valence-electron chi connectivity index (χ0n) is 16.0. The third-order valence-corrected chi connectivity index (χ3v) is 4.42. The van der Waals surface area contributed by atoms with E-state index in [0.717, 1.165) is 29.4 Å². The predicted octanol–water partition coefficient (Wildman–Crippen LogP) is 2.98. The maximum absolute atomic E-state index is 13.5. The summed E-state index contributed by atoms with van der Waals surface area (Å²) in [7, 11) is 0. The molecule has 0 unspecified atom stereocenters. The molecule has 0 fully saturated rings. The van der Waals surface area contributed by atoms with Gasteiger partial charge in [-0.3, -0.25) is 5.10 Å². The number of H-pyrrole nitrogens is 2. The highest BCUT2D eigenvalue weighted by atomic mass is 19.1. The smallest absolute Gasteiger partial charge is 0.216 e. The normalized spacial score (nSPS) is 11.9. The largest absolute Gasteiger partial charge is 0.461 e. The number of halogens is 1. The molecule has 0 radical (unpaired) electrons. The molecule has 150 valence electrons. The fraction of sp³-hybridized carbons (Fsp3) is 0.250. The monoisotopic (exact) mass is 395 g/mol. The lowest BCUT2D eigenvalue weighted by Crippen LogP contribution is -2.38. The molecule has 4 aromatic rings. The van der Waals surface area contributed by atoms with Gasteiger partial charge in [0.1, 0.15) is 18.2 Å². The minimum atomic E-state index is -0.234. The van der Waals surface area contributed by atoms with E-state index < -0.39 is 0 Å². The molecule has 9 heteroatoms. The first kappa shape index (κ1) is 18.7. The highest BCUT2D eigenvalue weighted by Gasteiger charge is 2.09. The van der Waals surface area contributed by atoms with Crippen LogP contribution in [0.1, 0.15) is 18.3 Å². The van der Waals surface area contributed by atoms with E-state index in [-0.39, 0.29) is 5.82 Å². The first-order valence-electron chi connectivity index (χ1n) is 9.46. The number of aromatic amines is 2. The van der Waals surface area contributed by atoms with Crippen LogP contribution in [-0.2, 0) is 13.0 Å². The second kappa shape index (κ2) is 8.59. The van der Waals surface area contributed by atoms with Gasteiger partial charge >= 0.3 is 0 Å². The molecule has 3 heterocycles. The van der Waals surface area contributed by atoms with E-state index in [1.807, 2.05) is 13.1 Å². The Hall–Kier alpha value is -3.62. The minimum absolute atomic E-state index is 0.234. The standard InChI is InChI=1S/C20H22FN7O/c1-2-22-20(25-12-18-26-19(28-27-18)17-4-3-9-29-17)23-8-7-13-11-24-16-6-5-14(21)10-15(13)16/h3-6,9-11,24H,2,7-8,12H2,1H3,(H2,22,23,25)(H,26,27,28). The van der Waals surface area contributed by atoms with Gasteiger partial charge in [-0.15, -0.1) is 5.10 Å². The molecule has 29 heavy (non-hydrogen) atoms. The quantitative estimate of drug-likeness (QED) is 0.284. The van der Waals surface area contributed by atoms with Gasteiger partial charge in [0.25, 0.3) is 0 Å². The Morgan fingerprint density at radius 1 is 1.28 bits per heavy atom. The summed E-state index contributed by atoms with van der Waals surface area (Å²) in [5.41, 5.74) is 1.99. The summed E-state index contributed by atoms with van der Waals surface area (Å²) in [5, 5.41) is 14.4. The van der Waals surface area contributed by atoms with Crippen LogP contribution in [0.5, 0.6) is 0 Å². The van der Waals surface area contributed by atoms with Crippen LogP contribution in [0.15, 0.2) is 52.2 Å². The molecule has 4 rings (SSSR count). The van der Waals surface area contributed by atoms with Crippen molar-refractivity contribution in [3.8, 4) is 11.6 Å². The van der Waals surface area contributed by atoms with E-state index in [9.17, 15) is 4.39 Å². The van der Waals surface area contributed by atoms with Gasteiger partial charge < -0.3 is 20.0 Å². The van der Waals surface area contributed by atoms with Gasteiger partial charge in [-0.1, -0.05) is 0 Å². The molecular weight excluding hydrogens is 373 g/mol. The second-order valence-electron chi connectivity index (χ2n) is 6.46. The van der Waals surface area contributed by atoms with Gasteiger partial charge in [0.15, 0.2) is 11.7 Å². The first-order valence-corrected chi connectivity index (χ1v) is 9.46. The van der Waals surface area contributed by atoms with Crippen LogP contribution in [0.2, 0.25) is 0 Å². The van der Waals surface area contributed by atoms with E-state index in [4.69, 9.17) is 4.42 Å². The number of nitrogens with one attached hydrogen (secondary N) is 4. The van der Waals surface area contributed by atoms with Crippen molar-refractivity contribution in [1.29, 1.82) is 0 Å². The number of hydrogen-bond donors (Lipinski definition) is 4. The Bertz CT molecular complexity index is 1100. The predicted molar refractivity (Wildman–Crippen MR) is 109 cm³/mol. The Labute approximate surface area is 166 Å². The molecule has 8 nitrogen and oxygen atoms in total. The van der Waals surface area contributed by atoms with Crippen LogP contribution in [-0.4, -0.2) is 39.2 Å². The van der Waals surface area contributed by atoms with E-state index >= 15 is 0 Å². The van der Waals surface area contributed by atoms with Gasteiger partial charge in [0, 0.05) is 30.2 Å². The number of rotatable bonds is 7. The SMILES string of the molecule is CCNC(=NCc1nc(-c2ccco2)n[nH]1)NCCc1c[nH]c2ccc(F)cc12. The minimum Gasteiger partial charge on any atom is -0.461 e. The van der Waals surface area contributed by atoms with E-state index in [2.05, 4.69) is 35.8 Å². The number of benzene rings is 1. The second-order valence-corrected chi connectivity index (χ2v) is 6.46. The molecule has 0 aliphatic heterocycles. The molecule has 1 aromatic carbocycles. The molecule has 0 saturated carbocycles. The van der Waals surface area contributed by atoms with Crippen LogP contribution < -0.4 is 10.6 Å². The number of aromatic nitrogens is 4. The van der Waals surface area contributed by atoms with Gasteiger partial charge in [0.05, 0.1) is 6.26 Å². The number of guanidine groups is 1. The Kier molecular flexibility index (Phi) is 5.55. The Morgan fingerprint density at radius 3 is 3.03 bits per heavy atom. The summed E-state index contributed by atoms with van der Waals surface area (Å²) >= 11 is 0. The first-order chi connectivity index (χ1) is 14.2. The third-order valence-electron chi connectivity index (χ3n) is 4.42. The van der Waals surface area contributed by atoms with Crippen LogP contribution in [0.4, 0.5) is 4.39 Å². The molecule has 0 bridgehead atoms. The van der Waals surface area contributed by atoms with Crippen molar-refractivity contribution in [1.82, 2.24) is 30.8 Å². The van der Waals surface area contributed by atoms with Crippen molar-refractivity contribution in [3.63, 3.8) is 0 Å². The van der Waals surface area contributed by atoms with Crippen molar-refractivity contribution >= 4 is 16.9 Å². The fourth-order valence-electron chi connectivity index (χ4n) is 3.05. The van der Waals surface area contributed by atoms with Crippen molar-refractivity contribution in [2.24, 2.45) is 4.99 Å². The molecule has 0 aliphatic carbocycles. The molecule has 0 aliphatic rings. The highest BCUT2D eigenvalue weighted by molar-refractivity contribution is 5.83. The van der Waals surface area contributed by atoms with Gasteiger partial charge in [-0.25, -0.2) is 14.4 Å². The van der Waals surface area contributed by atoms with Crippen molar-refractivity contribution in [3.05, 3.63) is 60.0 Å². The van der Waals surface area contributed by atoms with Crippen LogP contribution >= 0.6 is 0 Å². The Balaban J connectivity index is 1.36. The number of aliphatic imine (C=N–C) groups is 1. The van der Waals surface area contributed by atoms with Crippen molar-refractivity contribution in [2.75, 3.05) is 13.1 Å². The molecular formula is C20H22FN7O. The lowest BCUT2D eigenvalue weighted by Gasteiger charge is -2.10. The Morgan fingerprint density at radius 2 is 2.21 bits per heavy atom. The lowest BCUT2D eigenvalue weighted by molar-refractivity contribution is 0.577. The fourth-order valence-corrected chi connectivity index (χ4v) is 3.05. The molecule has 0 atom stereocenters. The van der Waals surface area contributed by atoms with E-state index in [1.54, 1.807) is 30.5 Å². The maximum Gasteiger partial charge on any atom is 0.216 e. The zero-order chi connectivity index (χ0) is 20.1. The van der Waals surface area contributed by atoms with Gasteiger partial charge in [0.2, 0.25) is 5.82 Å². The molecule has 0 spiro atoms. The average molecular weight is 395 g/mol. The van der Waals surface area contributed by atoms with Gasteiger partial charge in [-0.05, 0) is 49.2 Å². The zero-order valence-corrected chi connectivity index (χ0v) is 16.0. The van der Waals surface area contributed by atoms with E-state index in [0.29, 0.717) is 36.5 Å². The van der Waals surface area contributed by atoms with Crippen LogP contribution in [0.25, 0.3) is 22.5 Å². The van der Waals surface area contributed by atoms with Crippen LogP contribution in [0, 0.1) is 5.82 Å². The average Bonchev–Trinajstić information content (AvgIpc) is 3.47. The summed E-state index contributed by atoms with van der Waals surface area (Å²) in [6, 6.07) is 8.36. The van der Waals surface area contributed by atoms with Crippen molar-refractivity contribution in [2.45, 2.75) is 19.9 Å². The number of nitrogens with zero attached hydrogens (tertiary/aromatic N) is 3.